The number of rotatable bonds is 11. The van der Waals surface area contributed by atoms with Crippen LogP contribution >= 0.6 is 0 Å². The van der Waals surface area contributed by atoms with Gasteiger partial charge in [-0.25, -0.2) is 0 Å². The van der Waals surface area contributed by atoms with E-state index in [0.29, 0.717) is 29.4 Å². The number of hydrogen-bond acceptors (Lipinski definition) is 5. The number of ether oxygens (including phenoxy) is 1. The summed E-state index contributed by atoms with van der Waals surface area (Å²) in [5.74, 6) is 7.22. The third-order valence-corrected chi connectivity index (χ3v) is 15.8. The molecule has 3 unspecified atom stereocenters. The van der Waals surface area contributed by atoms with Crippen LogP contribution in [0, 0.1) is 115 Å². The summed E-state index contributed by atoms with van der Waals surface area (Å²) in [7, 11) is 0. The third-order valence-electron chi connectivity index (χ3n) is 15.8. The largest absolute Gasteiger partial charge is 0.507 e. The predicted molar refractivity (Wildman–Crippen MR) is 285 cm³/mol. The van der Waals surface area contributed by atoms with Gasteiger partial charge in [-0.1, -0.05) is 72.7 Å². The maximum absolute atomic E-state index is 11.4. The van der Waals surface area contributed by atoms with Gasteiger partial charge < -0.3 is 25.2 Å². The van der Waals surface area contributed by atoms with E-state index in [9.17, 15) is 20.4 Å². The SMILES string of the molecule is CCOc1c(C)cc(C(C2=CC(C)=C(O)C#CC2C)c2cc(C(c3cccc(C)c3C)c3cc(C)c(O)c(C)c3C)cc(C(c3cc(C)c(O)c(C)c3C)c3cc(C)c(O)c(C)c3C)c2)c(C)c1C. The molecule has 0 amide bonds. The summed E-state index contributed by atoms with van der Waals surface area (Å²) in [6.45, 7) is 35.8. The number of phenols is 3. The lowest BCUT2D eigenvalue weighted by atomic mass is 9.71. The number of hydrogen-bond donors (Lipinski definition) is 4. The van der Waals surface area contributed by atoms with Crippen molar-refractivity contribution >= 4 is 0 Å². The van der Waals surface area contributed by atoms with Crippen LogP contribution in [0.1, 0.15) is 161 Å². The molecule has 0 fully saturated rings. The average molecular weight is 921 g/mol. The Morgan fingerprint density at radius 1 is 0.464 bits per heavy atom. The molecule has 6 aromatic carbocycles. The van der Waals surface area contributed by atoms with Gasteiger partial charge in [0, 0.05) is 23.7 Å². The highest BCUT2D eigenvalue weighted by atomic mass is 16.5. The second-order valence-corrected chi connectivity index (χ2v) is 20.1. The van der Waals surface area contributed by atoms with Crippen LogP contribution in [-0.2, 0) is 0 Å². The van der Waals surface area contributed by atoms with E-state index in [2.05, 4.69) is 141 Å². The van der Waals surface area contributed by atoms with Crippen molar-refractivity contribution in [3.05, 3.63) is 206 Å². The molecule has 5 heteroatoms. The van der Waals surface area contributed by atoms with Crippen molar-refractivity contribution in [1.29, 1.82) is 0 Å². The number of aromatic hydroxyl groups is 3. The van der Waals surface area contributed by atoms with E-state index in [1.54, 1.807) is 0 Å². The van der Waals surface area contributed by atoms with Crippen LogP contribution in [0.25, 0.3) is 0 Å². The van der Waals surface area contributed by atoms with Gasteiger partial charge in [0.25, 0.3) is 0 Å². The molecule has 0 spiro atoms. The Balaban J connectivity index is 1.75. The van der Waals surface area contributed by atoms with Crippen LogP contribution in [0.2, 0.25) is 0 Å². The van der Waals surface area contributed by atoms with Crippen LogP contribution in [0.4, 0.5) is 0 Å². The Hall–Kier alpha value is -6.64. The van der Waals surface area contributed by atoms with Crippen molar-refractivity contribution in [2.75, 3.05) is 6.61 Å². The molecule has 0 radical (unpaired) electrons. The maximum Gasteiger partial charge on any atom is 0.170 e. The van der Waals surface area contributed by atoms with E-state index in [-0.39, 0.29) is 29.4 Å². The summed E-state index contributed by atoms with van der Waals surface area (Å²) >= 11 is 0. The van der Waals surface area contributed by atoms with Gasteiger partial charge in [0.2, 0.25) is 0 Å². The van der Waals surface area contributed by atoms with Gasteiger partial charge in [-0.05, 0) is 257 Å². The zero-order valence-corrected chi connectivity index (χ0v) is 44.1. The van der Waals surface area contributed by atoms with E-state index >= 15 is 0 Å². The van der Waals surface area contributed by atoms with E-state index in [4.69, 9.17) is 4.74 Å². The molecular weight excluding hydrogens is 849 g/mol. The zero-order chi connectivity index (χ0) is 50.7. The van der Waals surface area contributed by atoms with Gasteiger partial charge in [0.05, 0.1) is 6.61 Å². The summed E-state index contributed by atoms with van der Waals surface area (Å²) in [5.41, 5.74) is 24.2. The topological polar surface area (TPSA) is 90.2 Å². The molecule has 6 aromatic rings. The van der Waals surface area contributed by atoms with Crippen LogP contribution in [0.3, 0.4) is 0 Å². The lowest BCUT2D eigenvalue weighted by Gasteiger charge is -2.32. The van der Waals surface area contributed by atoms with Crippen LogP contribution < -0.4 is 4.74 Å². The molecule has 358 valence electrons. The summed E-state index contributed by atoms with van der Waals surface area (Å²) in [5, 5.41) is 45.4. The second kappa shape index (κ2) is 19.4. The van der Waals surface area contributed by atoms with E-state index < -0.39 is 0 Å². The summed E-state index contributed by atoms with van der Waals surface area (Å²) < 4.78 is 6.31. The number of aliphatic hydroxyl groups excluding tert-OH is 1. The fourth-order valence-corrected chi connectivity index (χ4v) is 11.0. The predicted octanol–water partition coefficient (Wildman–Crippen LogP) is 15.4. The van der Waals surface area contributed by atoms with E-state index in [1.165, 1.54) is 16.7 Å². The van der Waals surface area contributed by atoms with Gasteiger partial charge in [0.15, 0.2) is 5.76 Å². The minimum absolute atomic E-state index is 0.0755. The molecule has 0 aromatic heterocycles. The van der Waals surface area contributed by atoms with Crippen LogP contribution in [0.5, 0.6) is 23.0 Å². The fraction of sp³-hybridized carbons (Fsp3) is 0.344. The molecule has 0 bridgehead atoms. The molecule has 3 atom stereocenters. The Morgan fingerprint density at radius 2 is 0.870 bits per heavy atom. The van der Waals surface area contributed by atoms with Gasteiger partial charge in [-0.2, -0.15) is 0 Å². The molecule has 0 saturated carbocycles. The Bertz CT molecular complexity index is 3140. The summed E-state index contributed by atoms with van der Waals surface area (Å²) in [6.07, 6.45) is 2.13. The lowest BCUT2D eigenvalue weighted by molar-refractivity contribution is 0.335. The van der Waals surface area contributed by atoms with Crippen molar-refractivity contribution < 1.29 is 25.2 Å². The Kier molecular flexibility index (Phi) is 14.1. The Morgan fingerprint density at radius 3 is 1.33 bits per heavy atom. The molecule has 69 heavy (non-hydrogen) atoms. The highest BCUT2D eigenvalue weighted by molar-refractivity contribution is 5.64. The molecule has 0 aliphatic heterocycles. The highest BCUT2D eigenvalue weighted by Gasteiger charge is 2.33. The number of phenolic OH excluding ortho intramolecular Hbond substituents is 3. The summed E-state index contributed by atoms with van der Waals surface area (Å²) in [4.78, 5) is 0. The highest BCUT2D eigenvalue weighted by Crippen LogP contribution is 2.49. The quantitative estimate of drug-likeness (QED) is 0.0768. The fourth-order valence-electron chi connectivity index (χ4n) is 11.0. The normalized spacial score (nSPS) is 14.6. The van der Waals surface area contributed by atoms with Gasteiger partial charge in [0.1, 0.15) is 23.0 Å². The first-order chi connectivity index (χ1) is 32.5. The standard InChI is InChI=1S/C64H72O5/c1-18-69-64-38(8)28-56(43(13)47(64)17)59(52-24-34(4)57(65)23-22-33(52)3)49-29-48(58(51-21-19-20-32(2)39(51)9)53-25-35(5)61(66)44(14)40(53)10)30-50(31-49)60(54-26-36(6)62(67)45(15)41(54)11)55-27-37(7)63(68)46(16)42(55)12/h19-21,24-31,33,58-60,65-68H,18H2,1-17H3. The minimum atomic E-state index is -0.333. The smallest absolute Gasteiger partial charge is 0.170 e. The first kappa shape index (κ1) is 50.2. The molecular formula is C64H72O5. The Labute approximate surface area is 412 Å². The maximum atomic E-state index is 11.4. The lowest BCUT2D eigenvalue weighted by Crippen LogP contribution is -2.17. The van der Waals surface area contributed by atoms with Crippen LogP contribution in [0.15, 0.2) is 83.6 Å². The third kappa shape index (κ3) is 8.96. The van der Waals surface area contributed by atoms with Crippen molar-refractivity contribution in [1.82, 2.24) is 0 Å². The van der Waals surface area contributed by atoms with Crippen molar-refractivity contribution in [3.8, 4) is 34.8 Å². The number of allylic oxidation sites excluding steroid dienone is 4. The van der Waals surface area contributed by atoms with Crippen molar-refractivity contribution in [2.45, 2.75) is 135 Å². The van der Waals surface area contributed by atoms with Gasteiger partial charge in [-0.3, -0.25) is 0 Å². The van der Waals surface area contributed by atoms with E-state index in [1.807, 2.05) is 55.4 Å². The molecule has 1 aliphatic carbocycles. The molecule has 5 nitrogen and oxygen atoms in total. The van der Waals surface area contributed by atoms with E-state index in [0.717, 1.165) is 117 Å². The first-order valence-corrected chi connectivity index (χ1v) is 24.5. The zero-order valence-electron chi connectivity index (χ0n) is 44.1. The van der Waals surface area contributed by atoms with Gasteiger partial charge >= 0.3 is 0 Å². The van der Waals surface area contributed by atoms with Crippen molar-refractivity contribution in [2.24, 2.45) is 5.92 Å². The number of aliphatic hydroxyl groups is 1. The summed E-state index contributed by atoms with van der Waals surface area (Å²) in [6, 6.07) is 22.5. The molecule has 0 heterocycles. The molecule has 4 N–H and O–H groups in total. The van der Waals surface area contributed by atoms with Gasteiger partial charge in [-0.15, -0.1) is 0 Å². The average Bonchev–Trinajstić information content (AvgIpc) is 3.44. The van der Waals surface area contributed by atoms with Crippen molar-refractivity contribution in [3.63, 3.8) is 0 Å². The second-order valence-electron chi connectivity index (χ2n) is 20.1. The van der Waals surface area contributed by atoms with Crippen LogP contribution in [-0.4, -0.2) is 27.0 Å². The molecule has 0 saturated heterocycles. The minimum Gasteiger partial charge on any atom is -0.507 e. The number of aryl methyl sites for hydroxylation is 5. The number of benzene rings is 6. The monoisotopic (exact) mass is 921 g/mol. The molecule has 1 aliphatic rings. The molecule has 7 rings (SSSR count). The first-order valence-electron chi connectivity index (χ1n) is 24.5.